The molecule has 0 bridgehead atoms. The monoisotopic (exact) mass is 551 g/mol. The molecule has 3 aromatic rings. The maximum Gasteiger partial charge on any atom is 0.254 e. The number of furan rings is 1. The molecule has 4 rings (SSSR count). The van der Waals surface area contributed by atoms with Crippen molar-refractivity contribution in [2.75, 3.05) is 27.2 Å². The van der Waals surface area contributed by atoms with Crippen molar-refractivity contribution in [2.24, 2.45) is 0 Å². The minimum atomic E-state index is -0.229. The molecule has 6 N–H and O–H groups in total. The second-order valence-electron chi connectivity index (χ2n) is 9.03. The van der Waals surface area contributed by atoms with Gasteiger partial charge in [0.2, 0.25) is 0 Å². The fourth-order valence-electron chi connectivity index (χ4n) is 4.10. The lowest BCUT2D eigenvalue weighted by Crippen LogP contribution is -2.22. The van der Waals surface area contributed by atoms with Crippen molar-refractivity contribution < 1.29 is 30.7 Å². The molecule has 2 heterocycles. The molecule has 1 fully saturated rings. The predicted octanol–water partition coefficient (Wildman–Crippen LogP) is 3.86. The van der Waals surface area contributed by atoms with Crippen molar-refractivity contribution in [1.29, 1.82) is 0 Å². The lowest BCUT2D eigenvalue weighted by molar-refractivity contribution is 0.0950. The number of carbonyl (C=O) groups excluding carboxylic acids is 1. The van der Waals surface area contributed by atoms with Gasteiger partial charge in [-0.3, -0.25) is 9.69 Å². The van der Waals surface area contributed by atoms with Crippen LogP contribution in [0.1, 0.15) is 52.6 Å². The Kier molecular flexibility index (Phi) is 14.1. The average molecular weight is 552 g/mol. The summed E-state index contributed by atoms with van der Waals surface area (Å²) < 4.78 is 24.7. The van der Waals surface area contributed by atoms with Crippen molar-refractivity contribution in [2.45, 2.75) is 51.2 Å². The molecule has 0 saturated carbocycles. The molecule has 0 radical (unpaired) electrons. The van der Waals surface area contributed by atoms with E-state index in [1.807, 2.05) is 45.2 Å². The first-order valence-corrected chi connectivity index (χ1v) is 12.6. The Balaban J connectivity index is 0.000000882. The molecule has 0 aliphatic carbocycles. The number of halogens is 1. The van der Waals surface area contributed by atoms with E-state index in [2.05, 4.69) is 28.2 Å². The molecule has 1 saturated heterocycles. The molecule has 8 nitrogen and oxygen atoms in total. The van der Waals surface area contributed by atoms with Crippen molar-refractivity contribution in [3.8, 4) is 5.75 Å². The summed E-state index contributed by atoms with van der Waals surface area (Å²) in [6.45, 7) is 7.63. The van der Waals surface area contributed by atoms with Gasteiger partial charge in [0.1, 0.15) is 23.6 Å². The highest BCUT2D eigenvalue weighted by molar-refractivity contribution is 7.80. The van der Waals surface area contributed by atoms with Crippen LogP contribution in [0.5, 0.6) is 5.75 Å². The fraction of sp³-hybridized carbons (Fsp3) is 0.393. The van der Waals surface area contributed by atoms with Crippen LogP contribution in [0.2, 0.25) is 0 Å². The Morgan fingerprint density at radius 2 is 1.76 bits per heavy atom. The van der Waals surface area contributed by atoms with E-state index in [4.69, 9.17) is 9.15 Å². The van der Waals surface area contributed by atoms with Crippen LogP contribution in [-0.2, 0) is 19.6 Å². The van der Waals surface area contributed by atoms with E-state index in [1.165, 1.54) is 25.2 Å². The normalized spacial score (nSPS) is 12.6. The zero-order valence-electron chi connectivity index (χ0n) is 22.5. The van der Waals surface area contributed by atoms with Crippen LogP contribution in [0, 0.1) is 19.7 Å². The first-order chi connectivity index (χ1) is 17.3. The molecule has 0 atom stereocenters. The number of likely N-dealkylation sites (tertiary alicyclic amines) is 1. The Hall–Kier alpha value is -2.89. The minimum Gasteiger partial charge on any atom is -0.497 e. The number of thiol groups is 1. The second-order valence-corrected chi connectivity index (χ2v) is 9.48. The Labute approximate surface area is 231 Å². The summed E-state index contributed by atoms with van der Waals surface area (Å²) in [6, 6.07) is 10.9. The van der Waals surface area contributed by atoms with Crippen LogP contribution in [0.3, 0.4) is 0 Å². The third-order valence-electron chi connectivity index (χ3n) is 6.13. The number of nitrogens with zero attached hydrogens (tertiary/aromatic N) is 1. The maximum atomic E-state index is 14.3. The highest BCUT2D eigenvalue weighted by atomic mass is 32.1. The van der Waals surface area contributed by atoms with Crippen molar-refractivity contribution in [1.82, 2.24) is 15.5 Å². The van der Waals surface area contributed by atoms with Crippen molar-refractivity contribution >= 4 is 18.5 Å². The van der Waals surface area contributed by atoms with Gasteiger partial charge in [-0.15, -0.1) is 12.6 Å². The van der Waals surface area contributed by atoms with Gasteiger partial charge in [-0.05, 0) is 87.8 Å². The third kappa shape index (κ3) is 9.45. The molecule has 212 valence electrons. The molecule has 1 aliphatic heterocycles. The van der Waals surface area contributed by atoms with Gasteiger partial charge in [0.25, 0.3) is 5.91 Å². The van der Waals surface area contributed by atoms with E-state index in [0.29, 0.717) is 30.0 Å². The van der Waals surface area contributed by atoms with E-state index in [1.54, 1.807) is 13.2 Å². The summed E-state index contributed by atoms with van der Waals surface area (Å²) in [5, 5.41) is 5.75. The molecule has 0 spiro atoms. The number of methoxy groups -OCH3 is 1. The van der Waals surface area contributed by atoms with Gasteiger partial charge in [-0.25, -0.2) is 4.39 Å². The Morgan fingerprint density at radius 1 is 1.11 bits per heavy atom. The zero-order valence-corrected chi connectivity index (χ0v) is 23.4. The number of ether oxygens (including phenoxy) is 1. The van der Waals surface area contributed by atoms with Crippen LogP contribution in [0.15, 0.2) is 52.0 Å². The van der Waals surface area contributed by atoms with Crippen molar-refractivity contribution in [3.05, 3.63) is 82.1 Å². The average Bonchev–Trinajstić information content (AvgIpc) is 3.55. The minimum absolute atomic E-state index is 0. The van der Waals surface area contributed by atoms with Gasteiger partial charge < -0.3 is 30.7 Å². The van der Waals surface area contributed by atoms with Crippen molar-refractivity contribution in [3.63, 3.8) is 0 Å². The fourth-order valence-corrected chi connectivity index (χ4v) is 4.22. The molecular formula is C28H42FN3O5S. The van der Waals surface area contributed by atoms with Gasteiger partial charge in [0, 0.05) is 25.0 Å². The standard InChI is InChI=1S/C19H24FN3O2.C9H12OS.2H2O.H2/c1-21-11-17-9-16(13-25-17)19(24)22-10-14-4-5-15(18(20)8-14)12-23-6-2-3-7-23;1-6-4-8(10-3)5-7(2)9(6)11;;;/h4-5,8-9,13,21H,2-3,6-7,10-12H2,1H3,(H,22,24);4-5,11H,1-3H3;2*1H2;1H. The highest BCUT2D eigenvalue weighted by Crippen LogP contribution is 2.24. The summed E-state index contributed by atoms with van der Waals surface area (Å²) in [7, 11) is 3.48. The first-order valence-electron chi connectivity index (χ1n) is 12.1. The van der Waals surface area contributed by atoms with Crippen LogP contribution in [0.25, 0.3) is 0 Å². The Bertz CT molecular complexity index is 1150. The smallest absolute Gasteiger partial charge is 0.254 e. The predicted molar refractivity (Wildman–Crippen MR) is 153 cm³/mol. The summed E-state index contributed by atoms with van der Waals surface area (Å²) >= 11 is 4.34. The molecule has 2 aromatic carbocycles. The lowest BCUT2D eigenvalue weighted by atomic mass is 10.1. The van der Waals surface area contributed by atoms with Crippen LogP contribution in [0.4, 0.5) is 4.39 Å². The summed E-state index contributed by atoms with van der Waals surface area (Å²) in [6.07, 6.45) is 3.81. The van der Waals surface area contributed by atoms with Gasteiger partial charge >= 0.3 is 0 Å². The first kappa shape index (κ1) is 33.1. The number of aryl methyl sites for hydroxylation is 2. The Morgan fingerprint density at radius 3 is 2.34 bits per heavy atom. The number of hydrogen-bond donors (Lipinski definition) is 3. The zero-order chi connectivity index (χ0) is 26.1. The molecule has 1 aromatic heterocycles. The van der Waals surface area contributed by atoms with Gasteiger partial charge in [0.15, 0.2) is 0 Å². The van der Waals surface area contributed by atoms with Gasteiger partial charge in [-0.1, -0.05) is 12.1 Å². The van der Waals surface area contributed by atoms with Crippen LogP contribution in [-0.4, -0.2) is 49.0 Å². The number of rotatable bonds is 8. The molecule has 0 unspecified atom stereocenters. The second kappa shape index (κ2) is 16.2. The maximum absolute atomic E-state index is 14.3. The van der Waals surface area contributed by atoms with E-state index in [0.717, 1.165) is 40.4 Å². The number of hydrogen-bond acceptors (Lipinski definition) is 6. The third-order valence-corrected chi connectivity index (χ3v) is 6.84. The quantitative estimate of drug-likeness (QED) is 0.366. The highest BCUT2D eigenvalue weighted by Gasteiger charge is 2.15. The SMILES string of the molecule is CNCc1cc(C(=O)NCc2ccc(CN3CCCC3)c(F)c2)co1.COc1cc(C)c(S)c(C)c1.O.O.[HH]. The number of nitrogens with one attached hydrogen (secondary N) is 2. The van der Waals surface area contributed by atoms with Crippen LogP contribution < -0.4 is 15.4 Å². The molecule has 38 heavy (non-hydrogen) atoms. The van der Waals surface area contributed by atoms with E-state index in [-0.39, 0.29) is 30.6 Å². The van der Waals surface area contributed by atoms with E-state index in [9.17, 15) is 9.18 Å². The summed E-state index contributed by atoms with van der Waals surface area (Å²) in [5.41, 5.74) is 4.24. The topological polar surface area (TPSA) is 130 Å². The lowest BCUT2D eigenvalue weighted by Gasteiger charge is -2.15. The summed E-state index contributed by atoms with van der Waals surface area (Å²) in [5.74, 6) is 1.16. The number of carbonyl (C=O) groups is 1. The molecular weight excluding hydrogens is 509 g/mol. The molecule has 1 aliphatic rings. The summed E-state index contributed by atoms with van der Waals surface area (Å²) in [4.78, 5) is 15.4. The number of benzene rings is 2. The van der Waals surface area contributed by atoms with Gasteiger partial charge in [-0.2, -0.15) is 0 Å². The number of amides is 1. The van der Waals surface area contributed by atoms with E-state index >= 15 is 0 Å². The molecule has 1 amide bonds. The molecule has 10 heteroatoms. The largest absolute Gasteiger partial charge is 0.497 e. The van der Waals surface area contributed by atoms with Crippen LogP contribution >= 0.6 is 12.6 Å². The van der Waals surface area contributed by atoms with E-state index < -0.39 is 0 Å². The van der Waals surface area contributed by atoms with Gasteiger partial charge in [0.05, 0.1) is 19.2 Å².